The van der Waals surface area contributed by atoms with Gasteiger partial charge in [-0.25, -0.2) is 0 Å². The molecule has 0 heterocycles. The van der Waals surface area contributed by atoms with Crippen LogP contribution in [0, 0.1) is 6.92 Å². The Morgan fingerprint density at radius 2 is 2.14 bits per heavy atom. The molecule has 0 bridgehead atoms. The average Bonchev–Trinajstić information content (AvgIpc) is 2.12. The number of benzene rings is 1. The molecule has 0 saturated carbocycles. The summed E-state index contributed by atoms with van der Waals surface area (Å²) < 4.78 is 1.15. The van der Waals surface area contributed by atoms with Crippen molar-refractivity contribution in [1.82, 2.24) is 0 Å². The molecule has 0 atom stereocenters. The summed E-state index contributed by atoms with van der Waals surface area (Å²) in [5.74, 6) is 0. The summed E-state index contributed by atoms with van der Waals surface area (Å²) in [5.41, 5.74) is 3.79. The van der Waals surface area contributed by atoms with Gasteiger partial charge in [0.1, 0.15) is 0 Å². The fourth-order valence-corrected chi connectivity index (χ4v) is 1.53. The topological polar surface area (TPSA) is 12.0 Å². The number of hydrogen-bond acceptors (Lipinski definition) is 1. The predicted molar refractivity (Wildman–Crippen MR) is 66.8 cm³/mol. The Morgan fingerprint density at radius 1 is 1.43 bits per heavy atom. The summed E-state index contributed by atoms with van der Waals surface area (Å²) in [4.78, 5) is 0. The molecule has 0 aliphatic rings. The van der Waals surface area contributed by atoms with E-state index in [9.17, 15) is 0 Å². The zero-order chi connectivity index (χ0) is 10.6. The first-order chi connectivity index (χ1) is 6.61. The Kier molecular flexibility index (Phi) is 4.21. The standard InChI is InChI=1S/C12H16BrN/c1-9(2)7-8-14-12-6-4-5-11(13)10(12)3/h4-7,14H,8H2,1-3H3. The molecule has 1 rings (SSSR count). The van der Waals surface area contributed by atoms with Crippen LogP contribution >= 0.6 is 15.9 Å². The molecule has 0 radical (unpaired) electrons. The highest BCUT2D eigenvalue weighted by atomic mass is 79.9. The third kappa shape index (κ3) is 3.18. The minimum atomic E-state index is 0.889. The van der Waals surface area contributed by atoms with Crippen molar-refractivity contribution in [3.8, 4) is 0 Å². The minimum absolute atomic E-state index is 0.889. The highest BCUT2D eigenvalue weighted by Gasteiger charge is 1.98. The number of rotatable bonds is 3. The van der Waals surface area contributed by atoms with Gasteiger partial charge in [-0.3, -0.25) is 0 Å². The van der Waals surface area contributed by atoms with Crippen LogP contribution in [0.4, 0.5) is 5.69 Å². The second-order valence-corrected chi connectivity index (χ2v) is 4.43. The number of halogens is 1. The maximum absolute atomic E-state index is 3.51. The van der Waals surface area contributed by atoms with E-state index < -0.39 is 0 Å². The molecule has 0 amide bonds. The molecule has 2 heteroatoms. The molecule has 0 saturated heterocycles. The lowest BCUT2D eigenvalue weighted by atomic mass is 10.2. The van der Waals surface area contributed by atoms with E-state index in [1.165, 1.54) is 16.8 Å². The molecular formula is C12H16BrN. The van der Waals surface area contributed by atoms with Gasteiger partial charge in [0.25, 0.3) is 0 Å². The van der Waals surface area contributed by atoms with E-state index in [2.05, 4.69) is 60.2 Å². The maximum Gasteiger partial charge on any atom is 0.0383 e. The molecule has 0 unspecified atom stereocenters. The second kappa shape index (κ2) is 5.20. The Morgan fingerprint density at radius 3 is 2.79 bits per heavy atom. The first-order valence-corrected chi connectivity index (χ1v) is 5.53. The summed E-state index contributed by atoms with van der Waals surface area (Å²) in [6.45, 7) is 7.21. The molecule has 0 fully saturated rings. The van der Waals surface area contributed by atoms with E-state index in [-0.39, 0.29) is 0 Å². The van der Waals surface area contributed by atoms with E-state index in [1.54, 1.807) is 0 Å². The molecule has 1 aromatic carbocycles. The van der Waals surface area contributed by atoms with Crippen LogP contribution in [-0.2, 0) is 0 Å². The van der Waals surface area contributed by atoms with Gasteiger partial charge in [0.2, 0.25) is 0 Å². The van der Waals surface area contributed by atoms with Gasteiger partial charge >= 0.3 is 0 Å². The minimum Gasteiger partial charge on any atom is -0.381 e. The Balaban J connectivity index is 2.68. The highest BCUT2D eigenvalue weighted by Crippen LogP contribution is 2.23. The number of hydrogen-bond donors (Lipinski definition) is 1. The zero-order valence-electron chi connectivity index (χ0n) is 8.89. The van der Waals surface area contributed by atoms with E-state index in [0.29, 0.717) is 0 Å². The lowest BCUT2D eigenvalue weighted by Crippen LogP contribution is -2.00. The van der Waals surface area contributed by atoms with Gasteiger partial charge in [0.15, 0.2) is 0 Å². The molecule has 0 spiro atoms. The largest absolute Gasteiger partial charge is 0.381 e. The monoisotopic (exact) mass is 253 g/mol. The number of anilines is 1. The van der Waals surface area contributed by atoms with Crippen molar-refractivity contribution in [2.75, 3.05) is 11.9 Å². The van der Waals surface area contributed by atoms with Crippen molar-refractivity contribution in [2.24, 2.45) is 0 Å². The predicted octanol–water partition coefficient (Wildman–Crippen LogP) is 4.14. The van der Waals surface area contributed by atoms with E-state index in [4.69, 9.17) is 0 Å². The van der Waals surface area contributed by atoms with Gasteiger partial charge in [-0.05, 0) is 38.5 Å². The first-order valence-electron chi connectivity index (χ1n) is 4.73. The van der Waals surface area contributed by atoms with Crippen molar-refractivity contribution in [1.29, 1.82) is 0 Å². The van der Waals surface area contributed by atoms with Crippen molar-refractivity contribution in [3.63, 3.8) is 0 Å². The summed E-state index contributed by atoms with van der Waals surface area (Å²) in [6, 6.07) is 6.20. The first kappa shape index (κ1) is 11.3. The molecule has 0 aliphatic heterocycles. The van der Waals surface area contributed by atoms with Crippen LogP contribution in [0.2, 0.25) is 0 Å². The molecule has 1 nitrogen and oxygen atoms in total. The number of allylic oxidation sites excluding steroid dienone is 1. The lowest BCUT2D eigenvalue weighted by Gasteiger charge is -2.08. The van der Waals surface area contributed by atoms with Gasteiger partial charge < -0.3 is 5.32 Å². The third-order valence-electron chi connectivity index (χ3n) is 2.07. The van der Waals surface area contributed by atoms with E-state index in [0.717, 1.165) is 11.0 Å². The SMILES string of the molecule is CC(C)=CCNc1cccc(Br)c1C. The van der Waals surface area contributed by atoms with E-state index in [1.807, 2.05) is 6.07 Å². The molecular weight excluding hydrogens is 238 g/mol. The van der Waals surface area contributed by atoms with Gasteiger partial charge in [-0.2, -0.15) is 0 Å². The Bertz CT molecular complexity index is 338. The molecule has 0 aromatic heterocycles. The quantitative estimate of drug-likeness (QED) is 0.799. The fraction of sp³-hybridized carbons (Fsp3) is 0.333. The van der Waals surface area contributed by atoms with Crippen LogP contribution in [0.5, 0.6) is 0 Å². The summed E-state index contributed by atoms with van der Waals surface area (Å²) in [6.07, 6.45) is 2.18. The van der Waals surface area contributed by atoms with Crippen LogP contribution in [0.1, 0.15) is 19.4 Å². The van der Waals surface area contributed by atoms with Gasteiger partial charge in [-0.1, -0.05) is 33.6 Å². The smallest absolute Gasteiger partial charge is 0.0383 e. The van der Waals surface area contributed by atoms with Crippen molar-refractivity contribution >= 4 is 21.6 Å². The van der Waals surface area contributed by atoms with Gasteiger partial charge in [-0.15, -0.1) is 0 Å². The van der Waals surface area contributed by atoms with Crippen LogP contribution < -0.4 is 5.32 Å². The molecule has 0 aliphatic carbocycles. The van der Waals surface area contributed by atoms with Crippen LogP contribution in [-0.4, -0.2) is 6.54 Å². The summed E-state index contributed by atoms with van der Waals surface area (Å²) in [5, 5.41) is 3.38. The molecule has 1 aromatic rings. The van der Waals surface area contributed by atoms with Crippen molar-refractivity contribution < 1.29 is 0 Å². The third-order valence-corrected chi connectivity index (χ3v) is 2.93. The van der Waals surface area contributed by atoms with Gasteiger partial charge in [0, 0.05) is 16.7 Å². The molecule has 14 heavy (non-hydrogen) atoms. The van der Waals surface area contributed by atoms with Gasteiger partial charge in [0.05, 0.1) is 0 Å². The zero-order valence-corrected chi connectivity index (χ0v) is 10.5. The van der Waals surface area contributed by atoms with Crippen molar-refractivity contribution in [2.45, 2.75) is 20.8 Å². The number of nitrogens with one attached hydrogen (secondary N) is 1. The Hall–Kier alpha value is -0.760. The molecule has 76 valence electrons. The average molecular weight is 254 g/mol. The highest BCUT2D eigenvalue weighted by molar-refractivity contribution is 9.10. The summed E-state index contributed by atoms with van der Waals surface area (Å²) in [7, 11) is 0. The van der Waals surface area contributed by atoms with Crippen LogP contribution in [0.25, 0.3) is 0 Å². The van der Waals surface area contributed by atoms with Crippen LogP contribution in [0.15, 0.2) is 34.3 Å². The Labute approximate surface area is 94.3 Å². The fourth-order valence-electron chi connectivity index (χ4n) is 1.16. The van der Waals surface area contributed by atoms with E-state index >= 15 is 0 Å². The van der Waals surface area contributed by atoms with Crippen LogP contribution in [0.3, 0.4) is 0 Å². The lowest BCUT2D eigenvalue weighted by molar-refractivity contribution is 1.24. The maximum atomic E-state index is 3.51. The summed E-state index contributed by atoms with van der Waals surface area (Å²) >= 11 is 3.51. The molecule has 1 N–H and O–H groups in total. The second-order valence-electron chi connectivity index (χ2n) is 3.57. The normalized spacial score (nSPS) is 9.71. The van der Waals surface area contributed by atoms with Crippen molar-refractivity contribution in [3.05, 3.63) is 39.9 Å².